The van der Waals surface area contributed by atoms with E-state index >= 15 is 0 Å². The van der Waals surface area contributed by atoms with E-state index in [-0.39, 0.29) is 5.24 Å². The van der Waals surface area contributed by atoms with Gasteiger partial charge in [0.15, 0.2) is 0 Å². The van der Waals surface area contributed by atoms with Gasteiger partial charge in [0.05, 0.1) is 23.3 Å². The number of fused-ring (bicyclic) bond motifs is 1. The Bertz CT molecular complexity index is 1380. The van der Waals surface area contributed by atoms with E-state index < -0.39 is 4.75 Å². The van der Waals surface area contributed by atoms with Gasteiger partial charge in [0.2, 0.25) is 6.41 Å². The van der Waals surface area contributed by atoms with Gasteiger partial charge in [-0.1, -0.05) is 24.3 Å². The second-order valence-electron chi connectivity index (χ2n) is 9.38. The number of rotatable bonds is 5. The minimum absolute atomic E-state index is 0.367. The molecule has 0 bridgehead atoms. The fraction of sp³-hybridized carbons (Fsp3) is 0.241. The average molecular weight is 513 g/mol. The van der Waals surface area contributed by atoms with Crippen LogP contribution in [0.15, 0.2) is 82.9 Å². The van der Waals surface area contributed by atoms with Crippen molar-refractivity contribution in [3.8, 4) is 5.75 Å². The molecule has 0 radical (unpaired) electrons. The first-order valence-corrected chi connectivity index (χ1v) is 13.0. The van der Waals surface area contributed by atoms with Crippen molar-refractivity contribution < 1.29 is 14.3 Å². The Balaban J connectivity index is 1.58. The van der Waals surface area contributed by atoms with Crippen LogP contribution in [0.2, 0.25) is 0 Å². The quantitative estimate of drug-likeness (QED) is 0.237. The number of hydrazone groups is 1. The molecule has 8 heteroatoms. The van der Waals surface area contributed by atoms with Crippen molar-refractivity contribution >= 4 is 46.3 Å². The molecule has 0 fully saturated rings. The molecule has 0 saturated carbocycles. The van der Waals surface area contributed by atoms with Crippen molar-refractivity contribution in [3.63, 3.8) is 0 Å². The zero-order chi connectivity index (χ0) is 26.0. The molecule has 7 nitrogen and oxygen atoms in total. The normalized spacial score (nSPS) is 17.2. The second kappa shape index (κ2) is 10.2. The monoisotopic (exact) mass is 512 g/mol. The molecule has 2 aliphatic rings. The summed E-state index contributed by atoms with van der Waals surface area (Å²) in [4.78, 5) is 30.9. The van der Waals surface area contributed by atoms with Crippen LogP contribution in [0.4, 0.5) is 16.2 Å². The van der Waals surface area contributed by atoms with Gasteiger partial charge in [-0.2, -0.15) is 10.1 Å². The number of methoxy groups -OCH3 is 1. The predicted molar refractivity (Wildman–Crippen MR) is 149 cm³/mol. The molecule has 2 amide bonds. The van der Waals surface area contributed by atoms with Crippen LogP contribution >= 0.6 is 11.8 Å². The molecule has 0 spiro atoms. The van der Waals surface area contributed by atoms with E-state index in [4.69, 9.17) is 9.73 Å². The number of anilines is 1. The minimum atomic E-state index is -0.553. The number of carbonyl (C=O) groups is 2. The summed E-state index contributed by atoms with van der Waals surface area (Å²) in [6.07, 6.45) is 2.34. The van der Waals surface area contributed by atoms with E-state index in [1.54, 1.807) is 7.11 Å². The Hall–Kier alpha value is -3.91. The number of benzene rings is 3. The lowest BCUT2D eigenvalue weighted by molar-refractivity contribution is -0.115. The van der Waals surface area contributed by atoms with Gasteiger partial charge < -0.3 is 9.64 Å². The maximum absolute atomic E-state index is 12.2. The molecule has 2 heterocycles. The summed E-state index contributed by atoms with van der Waals surface area (Å²) >= 11 is 1.11. The van der Waals surface area contributed by atoms with Crippen LogP contribution in [0.25, 0.3) is 0 Å². The van der Waals surface area contributed by atoms with Crippen LogP contribution in [-0.2, 0) is 11.2 Å². The van der Waals surface area contributed by atoms with Gasteiger partial charge in [-0.05, 0) is 98.1 Å². The minimum Gasteiger partial charge on any atom is -0.497 e. The molecule has 0 aromatic heterocycles. The van der Waals surface area contributed by atoms with E-state index in [0.29, 0.717) is 12.1 Å². The van der Waals surface area contributed by atoms with Crippen LogP contribution in [0, 0.1) is 0 Å². The maximum atomic E-state index is 12.2. The van der Waals surface area contributed by atoms with Crippen LogP contribution in [0.5, 0.6) is 5.75 Å². The number of amides is 2. The molecule has 0 N–H and O–H groups in total. The lowest BCUT2D eigenvalue weighted by Crippen LogP contribution is -2.41. The summed E-state index contributed by atoms with van der Waals surface area (Å²) in [5.74, 6) is 1.66. The summed E-state index contributed by atoms with van der Waals surface area (Å²) in [5, 5.41) is 4.90. The smallest absolute Gasteiger partial charge is 0.309 e. The Morgan fingerprint density at radius 2 is 1.84 bits per heavy atom. The average Bonchev–Trinajstić information content (AvgIpc) is 2.91. The third kappa shape index (κ3) is 5.02. The Morgan fingerprint density at radius 1 is 1.08 bits per heavy atom. The fourth-order valence-electron chi connectivity index (χ4n) is 4.66. The number of aliphatic imine (C=N–C) groups is 1. The lowest BCUT2D eigenvalue weighted by Gasteiger charge is -2.34. The van der Waals surface area contributed by atoms with Gasteiger partial charge in [-0.25, -0.2) is 4.99 Å². The summed E-state index contributed by atoms with van der Waals surface area (Å²) in [5.41, 5.74) is 5.75. The molecule has 188 valence electrons. The van der Waals surface area contributed by atoms with Gasteiger partial charge in [0.1, 0.15) is 11.6 Å². The standard InChI is InChI=1S/C29H28N4O3S/c1-29(2)26(31-33(19-34)28(35)37-29)22-13-16-25-21(18-22)8-7-17-32(25)27(30-23-9-5-4-6-10-23)20-11-14-24(36-3)15-12-20/h4-6,9-16,18-19H,7-8,17H2,1-3H3. The second-order valence-corrected chi connectivity index (χ2v) is 10.9. The Morgan fingerprint density at radius 3 is 2.54 bits per heavy atom. The number of hydrogen-bond donors (Lipinski definition) is 0. The van der Waals surface area contributed by atoms with Crippen LogP contribution in [0.3, 0.4) is 0 Å². The SMILES string of the molecule is COc1ccc(C(=Nc2ccccc2)N2CCCc3cc(C4=NN(C=O)C(=O)SC4(C)C)ccc32)cc1. The van der Waals surface area contributed by atoms with Crippen LogP contribution in [0.1, 0.15) is 37.0 Å². The lowest BCUT2D eigenvalue weighted by atomic mass is 9.93. The highest BCUT2D eigenvalue weighted by Gasteiger charge is 2.38. The Labute approximate surface area is 220 Å². The number of carbonyl (C=O) groups excluding carboxylic acids is 2. The van der Waals surface area contributed by atoms with E-state index in [9.17, 15) is 9.59 Å². The molecule has 3 aromatic carbocycles. The number of imide groups is 1. The number of amidine groups is 1. The van der Waals surface area contributed by atoms with E-state index in [1.807, 2.05) is 74.5 Å². The molecule has 37 heavy (non-hydrogen) atoms. The van der Waals surface area contributed by atoms with Crippen LogP contribution in [-0.4, -0.2) is 46.6 Å². The van der Waals surface area contributed by atoms with E-state index in [1.165, 1.54) is 5.56 Å². The van der Waals surface area contributed by atoms with Crippen molar-refractivity contribution in [2.45, 2.75) is 31.4 Å². The molecule has 2 aliphatic heterocycles. The third-order valence-electron chi connectivity index (χ3n) is 6.47. The van der Waals surface area contributed by atoms with Crippen molar-refractivity contribution in [1.82, 2.24) is 5.01 Å². The number of nitrogens with zero attached hydrogens (tertiary/aromatic N) is 4. The largest absolute Gasteiger partial charge is 0.497 e. The summed E-state index contributed by atoms with van der Waals surface area (Å²) in [6.45, 7) is 4.74. The van der Waals surface area contributed by atoms with E-state index in [0.717, 1.165) is 70.2 Å². The molecular formula is C29H28N4O3S. The highest BCUT2D eigenvalue weighted by atomic mass is 32.2. The van der Waals surface area contributed by atoms with Crippen molar-refractivity contribution in [3.05, 3.63) is 89.5 Å². The van der Waals surface area contributed by atoms with Crippen molar-refractivity contribution in [2.24, 2.45) is 10.1 Å². The maximum Gasteiger partial charge on any atom is 0.309 e. The van der Waals surface area contributed by atoms with Crippen LogP contribution < -0.4 is 9.64 Å². The van der Waals surface area contributed by atoms with Gasteiger partial charge in [0.25, 0.3) is 0 Å². The highest BCUT2D eigenvalue weighted by Crippen LogP contribution is 2.37. The highest BCUT2D eigenvalue weighted by molar-refractivity contribution is 8.15. The first-order valence-electron chi connectivity index (χ1n) is 12.2. The summed E-state index contributed by atoms with van der Waals surface area (Å²) in [7, 11) is 1.66. The number of hydrogen-bond acceptors (Lipinski definition) is 6. The van der Waals surface area contributed by atoms with Gasteiger partial charge in [-0.15, -0.1) is 0 Å². The third-order valence-corrected chi connectivity index (χ3v) is 7.54. The molecule has 0 saturated heterocycles. The first-order chi connectivity index (χ1) is 17.9. The predicted octanol–water partition coefficient (Wildman–Crippen LogP) is 6.03. The summed E-state index contributed by atoms with van der Waals surface area (Å²) in [6, 6.07) is 24.2. The molecular weight excluding hydrogens is 484 g/mol. The van der Waals surface area contributed by atoms with E-state index in [2.05, 4.69) is 22.1 Å². The number of thioether (sulfide) groups is 1. The molecule has 0 atom stereocenters. The molecule has 0 aliphatic carbocycles. The number of ether oxygens (including phenoxy) is 1. The fourth-order valence-corrected chi connectivity index (χ4v) is 5.53. The summed E-state index contributed by atoms with van der Waals surface area (Å²) < 4.78 is 4.81. The zero-order valence-corrected chi connectivity index (χ0v) is 21.9. The van der Waals surface area contributed by atoms with Gasteiger partial charge in [0, 0.05) is 17.8 Å². The molecule has 3 aromatic rings. The Kier molecular flexibility index (Phi) is 6.84. The number of aryl methyl sites for hydroxylation is 1. The molecule has 5 rings (SSSR count). The molecule has 0 unspecified atom stereocenters. The van der Waals surface area contributed by atoms with Gasteiger partial charge >= 0.3 is 5.24 Å². The van der Waals surface area contributed by atoms with Crippen molar-refractivity contribution in [2.75, 3.05) is 18.6 Å². The first kappa shape index (κ1) is 24.8. The number of para-hydroxylation sites is 1. The van der Waals surface area contributed by atoms with Gasteiger partial charge in [-0.3, -0.25) is 9.59 Å². The van der Waals surface area contributed by atoms with Crippen molar-refractivity contribution in [1.29, 1.82) is 0 Å². The zero-order valence-electron chi connectivity index (χ0n) is 21.0. The topological polar surface area (TPSA) is 74.6 Å².